The zero-order valence-electron chi connectivity index (χ0n) is 4.76. The largest absolute Gasteiger partial charge is 0.512 e. The van der Waals surface area contributed by atoms with Crippen LogP contribution < -0.4 is 4.74 Å². The summed E-state index contributed by atoms with van der Waals surface area (Å²) in [7, 11) is 0. The van der Waals surface area contributed by atoms with Crippen molar-refractivity contribution in [3.63, 3.8) is 0 Å². The average Bonchev–Trinajstić information content (AvgIpc) is 1.88. The molecular weight excluding hydrogens is 138 g/mol. The van der Waals surface area contributed by atoms with Gasteiger partial charge >= 0.3 is 6.16 Å². The van der Waals surface area contributed by atoms with Crippen LogP contribution in [0.4, 0.5) is 4.79 Å². The summed E-state index contributed by atoms with van der Waals surface area (Å²) in [4.78, 5) is 9.86. The summed E-state index contributed by atoms with van der Waals surface area (Å²) in [5.41, 5.74) is 0. The van der Waals surface area contributed by atoms with E-state index in [1.54, 1.807) is 0 Å². The quantitative estimate of drug-likeness (QED) is 0.551. The van der Waals surface area contributed by atoms with Crippen LogP contribution in [0.15, 0.2) is 12.3 Å². The van der Waals surface area contributed by atoms with Crippen molar-refractivity contribution in [1.29, 1.82) is 0 Å². The Morgan fingerprint density at radius 3 is 3.00 bits per heavy atom. The molecule has 0 saturated carbocycles. The molecule has 1 rings (SSSR count). The van der Waals surface area contributed by atoms with E-state index in [4.69, 9.17) is 5.11 Å². The van der Waals surface area contributed by atoms with Gasteiger partial charge in [0.25, 0.3) is 0 Å². The van der Waals surface area contributed by atoms with Crippen molar-refractivity contribution in [2.75, 3.05) is 0 Å². The molecule has 0 aliphatic carbocycles. The van der Waals surface area contributed by atoms with Gasteiger partial charge in [0, 0.05) is 6.07 Å². The van der Waals surface area contributed by atoms with Crippen molar-refractivity contribution in [3.05, 3.63) is 12.3 Å². The molecule has 0 aliphatic rings. The predicted molar refractivity (Wildman–Crippen MR) is 28.5 cm³/mol. The Morgan fingerprint density at radius 1 is 1.70 bits per heavy atom. The van der Waals surface area contributed by atoms with Crippen LogP contribution in [-0.4, -0.2) is 26.7 Å². The second-order valence-corrected chi connectivity index (χ2v) is 1.33. The summed E-state index contributed by atoms with van der Waals surface area (Å²) < 4.78 is 4.12. The van der Waals surface area contributed by atoms with Crippen molar-refractivity contribution in [1.82, 2.24) is 15.4 Å². The third-order valence-electron chi connectivity index (χ3n) is 0.671. The number of carboxylic acid groups (broad SMARTS) is 1. The van der Waals surface area contributed by atoms with Gasteiger partial charge in [0.05, 0.1) is 6.20 Å². The van der Waals surface area contributed by atoms with Crippen LogP contribution in [0.25, 0.3) is 0 Å². The first-order chi connectivity index (χ1) is 4.79. The van der Waals surface area contributed by atoms with Crippen LogP contribution in [-0.2, 0) is 0 Å². The molecule has 1 aromatic rings. The van der Waals surface area contributed by atoms with E-state index in [1.165, 1.54) is 12.3 Å². The van der Waals surface area contributed by atoms with Crippen LogP contribution in [0.3, 0.4) is 0 Å². The maximum Gasteiger partial charge on any atom is 0.512 e. The molecule has 0 atom stereocenters. The molecule has 1 N–H and O–H groups in total. The van der Waals surface area contributed by atoms with Gasteiger partial charge in [0.15, 0.2) is 0 Å². The lowest BCUT2D eigenvalue weighted by Crippen LogP contribution is -2.05. The fourth-order valence-electron chi connectivity index (χ4n) is 0.374. The van der Waals surface area contributed by atoms with E-state index in [0.29, 0.717) is 0 Å². The molecule has 0 radical (unpaired) electrons. The van der Waals surface area contributed by atoms with Crippen LogP contribution in [0.1, 0.15) is 0 Å². The van der Waals surface area contributed by atoms with E-state index in [1.807, 2.05) is 0 Å². The SMILES string of the molecule is O=C(O)Oc1ccnnn1. The van der Waals surface area contributed by atoms with E-state index in [2.05, 4.69) is 20.1 Å². The van der Waals surface area contributed by atoms with E-state index in [0.717, 1.165) is 0 Å². The molecule has 6 nitrogen and oxygen atoms in total. The fourth-order valence-corrected chi connectivity index (χ4v) is 0.374. The van der Waals surface area contributed by atoms with Gasteiger partial charge in [-0.3, -0.25) is 0 Å². The highest BCUT2D eigenvalue weighted by Crippen LogP contribution is 1.98. The minimum absolute atomic E-state index is 0.0810. The van der Waals surface area contributed by atoms with Crippen LogP contribution in [0.2, 0.25) is 0 Å². The Hall–Kier alpha value is -1.72. The van der Waals surface area contributed by atoms with Crippen LogP contribution in [0.5, 0.6) is 5.88 Å². The summed E-state index contributed by atoms with van der Waals surface area (Å²) in [6, 6.07) is 1.29. The Kier molecular flexibility index (Phi) is 1.74. The monoisotopic (exact) mass is 141 g/mol. The number of hydrogen-bond acceptors (Lipinski definition) is 5. The summed E-state index contributed by atoms with van der Waals surface area (Å²) in [6.07, 6.45) is -0.133. The van der Waals surface area contributed by atoms with Gasteiger partial charge in [-0.25, -0.2) is 4.79 Å². The lowest BCUT2D eigenvalue weighted by atomic mass is 10.7. The molecule has 0 unspecified atom stereocenters. The highest BCUT2D eigenvalue weighted by atomic mass is 16.7. The minimum atomic E-state index is -1.42. The summed E-state index contributed by atoms with van der Waals surface area (Å²) >= 11 is 0. The minimum Gasteiger partial charge on any atom is -0.449 e. The Labute approximate surface area is 55.5 Å². The van der Waals surface area contributed by atoms with Crippen molar-refractivity contribution < 1.29 is 14.6 Å². The highest BCUT2D eigenvalue weighted by molar-refractivity contribution is 5.59. The molecule has 1 aromatic heterocycles. The Balaban J connectivity index is 2.67. The van der Waals surface area contributed by atoms with Crippen LogP contribution >= 0.6 is 0 Å². The smallest absolute Gasteiger partial charge is 0.449 e. The number of carbonyl (C=O) groups is 1. The van der Waals surface area contributed by atoms with Gasteiger partial charge in [-0.1, -0.05) is 5.10 Å². The zero-order valence-corrected chi connectivity index (χ0v) is 4.76. The fraction of sp³-hybridized carbons (Fsp3) is 0. The van der Waals surface area contributed by atoms with E-state index < -0.39 is 6.16 Å². The Morgan fingerprint density at radius 2 is 2.50 bits per heavy atom. The molecule has 10 heavy (non-hydrogen) atoms. The van der Waals surface area contributed by atoms with Crippen molar-refractivity contribution in [2.24, 2.45) is 0 Å². The summed E-state index contributed by atoms with van der Waals surface area (Å²) in [6.45, 7) is 0. The molecule has 0 amide bonds. The molecule has 0 bridgehead atoms. The maximum atomic E-state index is 9.86. The lowest BCUT2D eigenvalue weighted by Gasteiger charge is -1.92. The standard InChI is InChI=1S/C4H3N3O3/c8-4(9)10-3-1-2-5-7-6-3/h1-2H,(H,8,9). The van der Waals surface area contributed by atoms with Gasteiger partial charge in [0.1, 0.15) is 0 Å². The van der Waals surface area contributed by atoms with Gasteiger partial charge in [0.2, 0.25) is 5.88 Å². The number of rotatable bonds is 1. The van der Waals surface area contributed by atoms with Gasteiger partial charge in [-0.15, -0.1) is 5.10 Å². The lowest BCUT2D eigenvalue weighted by molar-refractivity contribution is 0.142. The summed E-state index contributed by atoms with van der Waals surface area (Å²) in [5, 5.41) is 17.8. The number of aromatic nitrogens is 3. The maximum absolute atomic E-state index is 9.86. The van der Waals surface area contributed by atoms with Gasteiger partial charge in [-0.2, -0.15) is 0 Å². The average molecular weight is 141 g/mol. The number of ether oxygens (including phenoxy) is 1. The second kappa shape index (κ2) is 2.72. The predicted octanol–water partition coefficient (Wildman–Crippen LogP) is -0.0716. The number of nitrogens with zero attached hydrogens (tertiary/aromatic N) is 3. The molecule has 1 heterocycles. The van der Waals surface area contributed by atoms with E-state index in [-0.39, 0.29) is 5.88 Å². The Bertz CT molecular complexity index is 224. The van der Waals surface area contributed by atoms with Crippen LogP contribution in [0, 0.1) is 0 Å². The molecular formula is C4H3N3O3. The molecule has 6 heteroatoms. The van der Waals surface area contributed by atoms with Crippen molar-refractivity contribution in [2.45, 2.75) is 0 Å². The van der Waals surface area contributed by atoms with Gasteiger partial charge in [-0.05, 0) is 5.21 Å². The first-order valence-corrected chi connectivity index (χ1v) is 2.34. The third-order valence-corrected chi connectivity index (χ3v) is 0.671. The molecule has 52 valence electrons. The molecule has 0 aliphatic heterocycles. The molecule has 0 fully saturated rings. The van der Waals surface area contributed by atoms with E-state index in [9.17, 15) is 4.79 Å². The third kappa shape index (κ3) is 1.66. The summed E-state index contributed by atoms with van der Waals surface area (Å²) in [5.74, 6) is -0.0810. The first kappa shape index (κ1) is 6.40. The first-order valence-electron chi connectivity index (χ1n) is 2.34. The molecule has 0 saturated heterocycles. The zero-order chi connectivity index (χ0) is 7.40. The molecule has 0 spiro atoms. The number of hydrogen-bond donors (Lipinski definition) is 1. The topological polar surface area (TPSA) is 85.2 Å². The normalized spacial score (nSPS) is 8.80. The van der Waals surface area contributed by atoms with Crippen molar-refractivity contribution in [3.8, 4) is 5.88 Å². The second-order valence-electron chi connectivity index (χ2n) is 1.33. The van der Waals surface area contributed by atoms with E-state index >= 15 is 0 Å². The van der Waals surface area contributed by atoms with Crippen molar-refractivity contribution >= 4 is 6.16 Å². The molecule has 0 aromatic carbocycles. The highest BCUT2D eigenvalue weighted by Gasteiger charge is 1.99. The van der Waals surface area contributed by atoms with Gasteiger partial charge < -0.3 is 9.84 Å².